The predicted molar refractivity (Wildman–Crippen MR) is 73.6 cm³/mol. The van der Waals surface area contributed by atoms with Gasteiger partial charge in [-0.15, -0.1) is 0 Å². The van der Waals surface area contributed by atoms with Crippen molar-refractivity contribution < 1.29 is 17.6 Å². The molecule has 0 aliphatic rings. The number of nitrogens with one attached hydrogen (secondary N) is 1. The molecule has 0 radical (unpaired) electrons. The van der Waals surface area contributed by atoms with Crippen molar-refractivity contribution in [1.82, 2.24) is 5.32 Å². The van der Waals surface area contributed by atoms with Gasteiger partial charge in [0.25, 0.3) is 10.0 Å². The molecule has 0 unspecified atom stereocenters. The largest absolute Gasteiger partial charge is 0.497 e. The molecule has 0 amide bonds. The van der Waals surface area contributed by atoms with E-state index in [9.17, 15) is 8.42 Å². The van der Waals surface area contributed by atoms with Gasteiger partial charge in [0.2, 0.25) is 5.09 Å². The van der Waals surface area contributed by atoms with Gasteiger partial charge in [-0.1, -0.05) is 12.1 Å². The molecule has 1 aromatic carbocycles. The number of ether oxygens (including phenoxy) is 1. The van der Waals surface area contributed by atoms with E-state index in [2.05, 4.69) is 5.32 Å². The Morgan fingerprint density at radius 3 is 2.70 bits per heavy atom. The molecule has 0 bridgehead atoms. The van der Waals surface area contributed by atoms with E-state index in [1.54, 1.807) is 13.2 Å². The topological polar surface area (TPSA) is 94.6 Å². The van der Waals surface area contributed by atoms with E-state index in [0.717, 1.165) is 11.3 Å². The minimum Gasteiger partial charge on any atom is -0.497 e. The molecule has 0 spiro atoms. The highest BCUT2D eigenvalue weighted by Gasteiger charge is 2.12. The molecule has 0 aliphatic carbocycles. The molecule has 1 heterocycles. The number of methoxy groups -OCH3 is 1. The van der Waals surface area contributed by atoms with Gasteiger partial charge < -0.3 is 14.5 Å². The highest BCUT2D eigenvalue weighted by molar-refractivity contribution is 7.89. The van der Waals surface area contributed by atoms with Crippen molar-refractivity contribution in [3.8, 4) is 5.75 Å². The Hall–Kier alpha value is -1.83. The zero-order chi connectivity index (χ0) is 14.6. The number of sulfonamides is 1. The van der Waals surface area contributed by atoms with Gasteiger partial charge in [0.15, 0.2) is 0 Å². The van der Waals surface area contributed by atoms with Crippen LogP contribution in [0.1, 0.15) is 11.3 Å². The second-order valence-corrected chi connectivity index (χ2v) is 5.71. The lowest BCUT2D eigenvalue weighted by molar-refractivity contribution is 0.401. The molecule has 2 rings (SSSR count). The minimum absolute atomic E-state index is 0.226. The lowest BCUT2D eigenvalue weighted by Crippen LogP contribution is -2.13. The van der Waals surface area contributed by atoms with Crippen molar-refractivity contribution in [2.24, 2.45) is 5.14 Å². The van der Waals surface area contributed by atoms with Crippen LogP contribution in [0.4, 0.5) is 0 Å². The average Bonchev–Trinajstić information content (AvgIpc) is 2.88. The van der Waals surface area contributed by atoms with E-state index in [1.165, 1.54) is 6.07 Å². The maximum absolute atomic E-state index is 11.1. The van der Waals surface area contributed by atoms with Crippen LogP contribution in [0.3, 0.4) is 0 Å². The summed E-state index contributed by atoms with van der Waals surface area (Å²) in [4.78, 5) is 0. The van der Waals surface area contributed by atoms with Gasteiger partial charge in [-0.25, -0.2) is 13.6 Å². The summed E-state index contributed by atoms with van der Waals surface area (Å²) >= 11 is 0. The van der Waals surface area contributed by atoms with Crippen LogP contribution in [0.25, 0.3) is 0 Å². The summed E-state index contributed by atoms with van der Waals surface area (Å²) in [7, 11) is -2.16. The third kappa shape index (κ3) is 3.83. The molecule has 1 aromatic heterocycles. The Balaban J connectivity index is 1.91. The van der Waals surface area contributed by atoms with Gasteiger partial charge >= 0.3 is 0 Å². The van der Waals surface area contributed by atoms with Crippen molar-refractivity contribution in [3.05, 3.63) is 47.7 Å². The Morgan fingerprint density at radius 2 is 2.05 bits per heavy atom. The monoisotopic (exact) mass is 296 g/mol. The molecular formula is C13H16N2O4S. The van der Waals surface area contributed by atoms with E-state index < -0.39 is 10.0 Å². The summed E-state index contributed by atoms with van der Waals surface area (Å²) in [6.45, 7) is 1.02. The smallest absolute Gasteiger partial charge is 0.271 e. The summed E-state index contributed by atoms with van der Waals surface area (Å²) in [5.74, 6) is 1.30. The zero-order valence-electron chi connectivity index (χ0n) is 11.0. The Bertz CT molecular complexity index is 679. The Morgan fingerprint density at radius 1 is 1.25 bits per heavy atom. The van der Waals surface area contributed by atoms with E-state index in [-0.39, 0.29) is 5.09 Å². The number of benzene rings is 1. The van der Waals surface area contributed by atoms with Crippen LogP contribution < -0.4 is 15.2 Å². The molecule has 0 atom stereocenters. The SMILES string of the molecule is COc1cccc(CNCc2ccc(S(N)(=O)=O)o2)c1. The first kappa shape index (κ1) is 14.6. The van der Waals surface area contributed by atoms with Crippen molar-refractivity contribution in [3.63, 3.8) is 0 Å². The van der Waals surface area contributed by atoms with Crippen LogP contribution in [0.2, 0.25) is 0 Å². The fraction of sp³-hybridized carbons (Fsp3) is 0.231. The van der Waals surface area contributed by atoms with Crippen LogP contribution in [0.15, 0.2) is 45.9 Å². The van der Waals surface area contributed by atoms with E-state index >= 15 is 0 Å². The molecule has 6 nitrogen and oxygen atoms in total. The molecule has 3 N–H and O–H groups in total. The summed E-state index contributed by atoms with van der Waals surface area (Å²) in [6.07, 6.45) is 0. The third-order valence-electron chi connectivity index (χ3n) is 2.68. The molecular weight excluding hydrogens is 280 g/mol. The molecule has 7 heteroatoms. The summed E-state index contributed by atoms with van der Waals surface area (Å²) < 4.78 is 32.4. The highest BCUT2D eigenvalue weighted by Crippen LogP contribution is 2.14. The van der Waals surface area contributed by atoms with Crippen molar-refractivity contribution in [2.75, 3.05) is 7.11 Å². The first-order valence-corrected chi connectivity index (χ1v) is 7.49. The molecule has 0 aliphatic heterocycles. The van der Waals surface area contributed by atoms with Gasteiger partial charge in [0, 0.05) is 6.54 Å². The summed E-state index contributed by atoms with van der Waals surface area (Å²) in [5.41, 5.74) is 1.06. The number of hydrogen-bond donors (Lipinski definition) is 2. The Labute approximate surface area is 117 Å². The lowest BCUT2D eigenvalue weighted by atomic mass is 10.2. The molecule has 0 saturated carbocycles. The number of hydrogen-bond acceptors (Lipinski definition) is 5. The number of primary sulfonamides is 1. The van der Waals surface area contributed by atoms with Crippen LogP contribution in [0, 0.1) is 0 Å². The van der Waals surface area contributed by atoms with Crippen molar-refractivity contribution >= 4 is 10.0 Å². The van der Waals surface area contributed by atoms with Gasteiger partial charge in [0.05, 0.1) is 13.7 Å². The summed E-state index contributed by atoms with van der Waals surface area (Å²) in [6, 6.07) is 10.6. The predicted octanol–water partition coefficient (Wildman–Crippen LogP) is 1.23. The fourth-order valence-corrected chi connectivity index (χ4v) is 2.20. The van der Waals surface area contributed by atoms with E-state index in [1.807, 2.05) is 24.3 Å². The molecule has 108 valence electrons. The van der Waals surface area contributed by atoms with Crippen LogP contribution >= 0.6 is 0 Å². The standard InChI is InChI=1S/C13H16N2O4S/c1-18-11-4-2-3-10(7-11)8-15-9-12-5-6-13(19-12)20(14,16)17/h2-7,15H,8-9H2,1H3,(H2,14,16,17). The fourth-order valence-electron chi connectivity index (χ4n) is 1.72. The van der Waals surface area contributed by atoms with Gasteiger partial charge in [-0.2, -0.15) is 0 Å². The van der Waals surface area contributed by atoms with Gasteiger partial charge in [0.1, 0.15) is 11.5 Å². The lowest BCUT2D eigenvalue weighted by Gasteiger charge is -2.05. The maximum Gasteiger partial charge on any atom is 0.271 e. The molecule has 0 fully saturated rings. The quantitative estimate of drug-likeness (QED) is 0.836. The zero-order valence-corrected chi connectivity index (χ0v) is 11.8. The maximum atomic E-state index is 11.1. The average molecular weight is 296 g/mol. The number of nitrogens with two attached hydrogens (primary N) is 1. The van der Waals surface area contributed by atoms with E-state index in [0.29, 0.717) is 18.8 Å². The van der Waals surface area contributed by atoms with Crippen molar-refractivity contribution in [2.45, 2.75) is 18.2 Å². The number of rotatable bonds is 6. The highest BCUT2D eigenvalue weighted by atomic mass is 32.2. The van der Waals surface area contributed by atoms with Crippen LogP contribution in [-0.4, -0.2) is 15.5 Å². The number of furan rings is 1. The van der Waals surface area contributed by atoms with Gasteiger partial charge in [-0.05, 0) is 29.8 Å². The second-order valence-electron chi connectivity index (χ2n) is 4.22. The molecule has 20 heavy (non-hydrogen) atoms. The van der Waals surface area contributed by atoms with E-state index in [4.69, 9.17) is 14.3 Å². The Kier molecular flexibility index (Phi) is 4.43. The minimum atomic E-state index is -3.78. The van der Waals surface area contributed by atoms with Crippen LogP contribution in [0.5, 0.6) is 5.75 Å². The molecule has 2 aromatic rings. The summed E-state index contributed by atoms with van der Waals surface area (Å²) in [5, 5.41) is 7.89. The first-order chi connectivity index (χ1) is 9.49. The normalized spacial score (nSPS) is 11.5. The third-order valence-corrected chi connectivity index (χ3v) is 3.46. The second kappa shape index (κ2) is 6.08. The molecule has 0 saturated heterocycles. The van der Waals surface area contributed by atoms with Gasteiger partial charge in [-0.3, -0.25) is 0 Å². The van der Waals surface area contributed by atoms with Crippen molar-refractivity contribution in [1.29, 1.82) is 0 Å². The van der Waals surface area contributed by atoms with Crippen LogP contribution in [-0.2, 0) is 23.1 Å². The first-order valence-electron chi connectivity index (χ1n) is 5.94.